The molecular weight excluding hydrogens is 941 g/mol. The number of imidazole rings is 1. The third-order valence-electron chi connectivity index (χ3n) is 10.2. The summed E-state index contributed by atoms with van der Waals surface area (Å²) in [5, 5.41) is 26.6. The summed E-state index contributed by atoms with van der Waals surface area (Å²) >= 11 is 1.15. The number of rotatable bonds is 33. The second-order valence-electron chi connectivity index (χ2n) is 16.3. The maximum Gasteiger partial charge on any atom is 0.481 e. The van der Waals surface area contributed by atoms with Gasteiger partial charge in [-0.1, -0.05) is 110 Å². The summed E-state index contributed by atoms with van der Waals surface area (Å²) < 4.78 is 62.4. The van der Waals surface area contributed by atoms with Crippen LogP contribution in [0.4, 0.5) is 5.82 Å². The highest BCUT2D eigenvalue weighted by molar-refractivity contribution is 8.13. The number of phosphoric ester groups is 3. The first-order valence-corrected chi connectivity index (χ1v) is 27.1. The molecule has 2 aromatic rings. The van der Waals surface area contributed by atoms with E-state index in [0.29, 0.717) is 12.2 Å². The number of thioether (sulfide) groups is 1. The lowest BCUT2D eigenvalue weighted by Crippen LogP contribution is -2.46. The van der Waals surface area contributed by atoms with E-state index in [1.807, 2.05) is 0 Å². The summed E-state index contributed by atoms with van der Waals surface area (Å²) in [4.78, 5) is 88.3. The first-order chi connectivity index (χ1) is 30.6. The van der Waals surface area contributed by atoms with Crippen LogP contribution in [-0.4, -0.2) is 123 Å². The minimum Gasteiger partial charge on any atom is -0.386 e. The fourth-order valence-corrected chi connectivity index (χ4v) is 10.2. The average molecular weight is 1010 g/mol. The lowest BCUT2D eigenvalue weighted by atomic mass is 9.87. The van der Waals surface area contributed by atoms with Crippen molar-refractivity contribution < 1.29 is 80.5 Å². The maximum atomic E-state index is 12.7. The quantitative estimate of drug-likeness (QED) is 0.0358. The van der Waals surface area contributed by atoms with E-state index in [9.17, 15) is 57.9 Å². The molecule has 1 aliphatic rings. The van der Waals surface area contributed by atoms with Crippen molar-refractivity contribution in [2.75, 3.05) is 37.8 Å². The molecule has 0 aromatic carbocycles. The van der Waals surface area contributed by atoms with Gasteiger partial charge >= 0.3 is 23.5 Å². The highest BCUT2D eigenvalue weighted by Gasteiger charge is 2.50. The zero-order valence-corrected chi connectivity index (χ0v) is 40.5. The number of unbranched alkanes of at least 4 members (excludes halogenated alkanes) is 12. The Balaban J connectivity index is 1.32. The van der Waals surface area contributed by atoms with Crippen molar-refractivity contribution >= 4 is 69.1 Å². The molecule has 0 spiro atoms. The number of carbonyl (C=O) groups is 3. The van der Waals surface area contributed by atoms with Gasteiger partial charge in [0.1, 0.15) is 36.3 Å². The van der Waals surface area contributed by atoms with Crippen molar-refractivity contribution in [2.45, 2.75) is 148 Å². The van der Waals surface area contributed by atoms with Gasteiger partial charge in [0.05, 0.1) is 19.5 Å². The lowest BCUT2D eigenvalue weighted by Gasteiger charge is -2.30. The summed E-state index contributed by atoms with van der Waals surface area (Å²) in [6.07, 6.45) is 9.53. The third-order valence-corrected chi connectivity index (χ3v) is 14.3. The van der Waals surface area contributed by atoms with E-state index in [2.05, 4.69) is 41.3 Å². The molecule has 0 saturated carbocycles. The van der Waals surface area contributed by atoms with Crippen LogP contribution in [0.25, 0.3) is 11.2 Å². The first-order valence-electron chi connectivity index (χ1n) is 21.6. The second kappa shape index (κ2) is 27.5. The Labute approximate surface area is 382 Å². The van der Waals surface area contributed by atoms with Crippen LogP contribution in [-0.2, 0) is 50.7 Å². The summed E-state index contributed by atoms with van der Waals surface area (Å²) in [5.74, 6) is -1.02. The number of aromatic nitrogens is 4. The van der Waals surface area contributed by atoms with Gasteiger partial charge in [0, 0.05) is 37.1 Å². The zero-order chi connectivity index (χ0) is 48.3. The molecule has 3 rings (SSSR count). The highest BCUT2D eigenvalue weighted by Crippen LogP contribution is 2.61. The molecule has 3 heterocycles. The molecule has 2 aromatic heterocycles. The van der Waals surface area contributed by atoms with E-state index in [4.69, 9.17) is 19.5 Å². The van der Waals surface area contributed by atoms with E-state index in [0.717, 1.165) is 48.2 Å². The second-order valence-corrected chi connectivity index (χ2v) is 21.7. The van der Waals surface area contributed by atoms with Crippen molar-refractivity contribution in [1.82, 2.24) is 30.2 Å². The van der Waals surface area contributed by atoms with Crippen LogP contribution in [0.2, 0.25) is 0 Å². The van der Waals surface area contributed by atoms with Crippen LogP contribution < -0.4 is 16.4 Å². The van der Waals surface area contributed by atoms with E-state index in [-0.39, 0.29) is 41.6 Å². The Morgan fingerprint density at radius 2 is 1.52 bits per heavy atom. The smallest absolute Gasteiger partial charge is 0.386 e. The summed E-state index contributed by atoms with van der Waals surface area (Å²) in [5.41, 5.74) is 4.29. The number of nitrogen functional groups attached to an aromatic ring is 1. The van der Waals surface area contributed by atoms with Gasteiger partial charge < -0.3 is 50.9 Å². The van der Waals surface area contributed by atoms with Gasteiger partial charge in [-0.25, -0.2) is 28.6 Å². The molecule has 28 heteroatoms. The topological polar surface area (TPSA) is 364 Å². The van der Waals surface area contributed by atoms with Gasteiger partial charge in [-0.15, -0.1) is 0 Å². The van der Waals surface area contributed by atoms with Crippen molar-refractivity contribution in [3.05, 3.63) is 12.7 Å². The Morgan fingerprint density at radius 1 is 0.923 bits per heavy atom. The molecule has 65 heavy (non-hydrogen) atoms. The number of aliphatic hydroxyl groups is 2. The number of nitrogens with two attached hydrogens (primary N) is 1. The predicted octanol–water partition coefficient (Wildman–Crippen LogP) is 4.15. The fourth-order valence-electron chi connectivity index (χ4n) is 6.65. The summed E-state index contributed by atoms with van der Waals surface area (Å²) in [7, 11) is -16.4. The lowest BCUT2D eigenvalue weighted by molar-refractivity contribution is -0.137. The van der Waals surface area contributed by atoms with Crippen LogP contribution in [0, 0.1) is 5.41 Å². The van der Waals surface area contributed by atoms with E-state index >= 15 is 0 Å². The van der Waals surface area contributed by atoms with Gasteiger partial charge in [-0.05, 0) is 6.42 Å². The Hall–Kier alpha value is -2.44. The number of aliphatic hydroxyl groups excluding tert-OH is 2. The number of anilines is 1. The number of amides is 2. The summed E-state index contributed by atoms with van der Waals surface area (Å²) in [6, 6.07) is 0. The minimum absolute atomic E-state index is 0.0338. The number of phosphoric acid groups is 3. The zero-order valence-electron chi connectivity index (χ0n) is 37.0. The van der Waals surface area contributed by atoms with Gasteiger partial charge in [0.2, 0.25) is 11.8 Å². The number of hydrogen-bond donors (Lipinski definition) is 9. The van der Waals surface area contributed by atoms with Crippen LogP contribution in [0.15, 0.2) is 12.7 Å². The van der Waals surface area contributed by atoms with Crippen LogP contribution in [0.5, 0.6) is 0 Å². The van der Waals surface area contributed by atoms with Gasteiger partial charge in [0.25, 0.3) is 0 Å². The number of carbonyl (C=O) groups excluding carboxylic acids is 3. The van der Waals surface area contributed by atoms with Crippen molar-refractivity contribution in [3.8, 4) is 0 Å². The standard InChI is InChI=1S/C37H66N7O17P3S/c1-4-5-6-7-8-9-10-11-12-13-14-15-16-17-28(46)65-21-20-39-27(45)18-19-40-35(49)32(48)37(2,3)23-58-64(55,56)61-63(53,54)57-22-26-31(60-62(50,51)52)30(47)36(59-26)44-25-43-29-33(38)41-24-42-34(29)44/h24-26,30-32,36,47-48H,4-23H2,1-3H3,(H,39,45)(H,40,49)(H,53,54)(H,55,56)(H2,38,41,42)(H2,50,51,52)/t26-,30-,31-,32+,36-/m1/s1/i28+2. The van der Waals surface area contributed by atoms with Crippen LogP contribution in [0.1, 0.15) is 123 Å². The Morgan fingerprint density at radius 3 is 2.14 bits per heavy atom. The number of hydrogen-bond acceptors (Lipinski definition) is 18. The predicted molar refractivity (Wildman–Crippen MR) is 237 cm³/mol. The first kappa shape index (κ1) is 56.9. The molecule has 10 N–H and O–H groups in total. The molecule has 24 nitrogen and oxygen atoms in total. The maximum absolute atomic E-state index is 12.7. The highest BCUT2D eigenvalue weighted by atomic mass is 32.2. The molecule has 0 bridgehead atoms. The Kier molecular flexibility index (Phi) is 24.1. The van der Waals surface area contributed by atoms with Crippen molar-refractivity contribution in [2.24, 2.45) is 5.41 Å². The van der Waals surface area contributed by atoms with Crippen molar-refractivity contribution in [1.29, 1.82) is 0 Å². The Bertz CT molecular complexity index is 1960. The van der Waals surface area contributed by atoms with Crippen LogP contribution in [0.3, 0.4) is 0 Å². The van der Waals surface area contributed by atoms with Gasteiger partial charge in [-0.3, -0.25) is 32.5 Å². The molecule has 7 atom stereocenters. The van der Waals surface area contributed by atoms with Gasteiger partial charge in [0.15, 0.2) is 22.8 Å². The molecule has 0 aliphatic carbocycles. The molecule has 2 unspecified atom stereocenters. The van der Waals surface area contributed by atoms with E-state index < -0.39 is 84.6 Å². The number of fused-ring (bicyclic) bond motifs is 1. The summed E-state index contributed by atoms with van der Waals surface area (Å²) in [6.45, 7) is 2.81. The third kappa shape index (κ3) is 20.8. The molecular formula is C37H66N7O17P3S. The SMILES string of the molecule is CCCCCCCCCCCCCCC[14C](=O)SCCNC(=O)CCNC(=O)[C@H](O)C(C)(C)COP(=O)(O)OP(=O)(O)OC[C@H]1O[C@@H](n2cnc3c(N)ncnc32)[C@H](O)[C@@H]1OP(=O)(O)O. The fraction of sp³-hybridized carbons (Fsp3) is 0.784. The molecule has 372 valence electrons. The van der Waals surface area contributed by atoms with E-state index in [1.54, 1.807) is 0 Å². The molecule has 1 aliphatic heterocycles. The molecule has 1 fully saturated rings. The van der Waals surface area contributed by atoms with Crippen LogP contribution >= 0.6 is 35.2 Å². The number of nitrogens with zero attached hydrogens (tertiary/aromatic N) is 4. The van der Waals surface area contributed by atoms with Gasteiger partial charge in [-0.2, -0.15) is 4.31 Å². The average Bonchev–Trinajstić information content (AvgIpc) is 3.79. The monoisotopic (exact) mass is 1010 g/mol. The molecule has 0 radical (unpaired) electrons. The normalized spacial score (nSPS) is 20.3. The number of nitrogens with one attached hydrogen (secondary N) is 2. The molecule has 1 saturated heterocycles. The number of ether oxygens (including phenoxy) is 1. The largest absolute Gasteiger partial charge is 0.481 e. The van der Waals surface area contributed by atoms with E-state index in [1.165, 1.54) is 78.1 Å². The molecule has 2 amide bonds. The minimum atomic E-state index is -5.57. The van der Waals surface area contributed by atoms with Crippen molar-refractivity contribution in [3.63, 3.8) is 0 Å².